The summed E-state index contributed by atoms with van der Waals surface area (Å²) in [6.45, 7) is 0. The van der Waals surface area contributed by atoms with E-state index in [1.807, 2.05) is 18.2 Å². The quantitative estimate of drug-likeness (QED) is 0.731. The number of pyridine rings is 1. The van der Waals surface area contributed by atoms with E-state index in [0.717, 1.165) is 5.56 Å². The Hall–Kier alpha value is -2.49. The summed E-state index contributed by atoms with van der Waals surface area (Å²) in [7, 11) is 0. The van der Waals surface area contributed by atoms with Crippen molar-refractivity contribution in [3.05, 3.63) is 59.9 Å². The van der Waals surface area contributed by atoms with E-state index in [1.165, 1.54) is 4.90 Å². The first-order chi connectivity index (χ1) is 9.27. The summed E-state index contributed by atoms with van der Waals surface area (Å²) >= 11 is 0. The highest BCUT2D eigenvalue weighted by atomic mass is 16.2. The predicted octanol–water partition coefficient (Wildman–Crippen LogP) is 2.20. The Kier molecular flexibility index (Phi) is 2.83. The van der Waals surface area contributed by atoms with E-state index in [1.54, 1.807) is 30.5 Å². The first-order valence-corrected chi connectivity index (χ1v) is 6.13. The van der Waals surface area contributed by atoms with E-state index >= 15 is 0 Å². The zero-order valence-electron chi connectivity index (χ0n) is 10.2. The number of hydrogen-bond acceptors (Lipinski definition) is 3. The van der Waals surface area contributed by atoms with Crippen LogP contribution in [0.2, 0.25) is 0 Å². The van der Waals surface area contributed by atoms with Crippen LogP contribution in [0.3, 0.4) is 0 Å². The number of aromatic nitrogens is 1. The Morgan fingerprint density at radius 3 is 2.63 bits per heavy atom. The molecule has 0 saturated heterocycles. The largest absolute Gasteiger partial charge is 0.283 e. The Bertz CT molecular complexity index is 638. The second-order valence-corrected chi connectivity index (χ2v) is 4.38. The fourth-order valence-electron chi connectivity index (χ4n) is 2.25. The van der Waals surface area contributed by atoms with Crippen LogP contribution >= 0.6 is 0 Å². The number of fused-ring (bicyclic) bond motifs is 1. The third-order valence-electron chi connectivity index (χ3n) is 3.18. The Morgan fingerprint density at radius 1 is 1.05 bits per heavy atom. The molecule has 4 heteroatoms. The van der Waals surface area contributed by atoms with Crippen molar-refractivity contribution in [1.82, 2.24) is 4.98 Å². The number of amides is 2. The number of anilines is 1. The molecular weight excluding hydrogens is 240 g/mol. The molecule has 1 aromatic carbocycles. The van der Waals surface area contributed by atoms with Crippen LogP contribution < -0.4 is 4.90 Å². The predicted molar refractivity (Wildman–Crippen MR) is 70.8 cm³/mol. The average Bonchev–Trinajstić information content (AvgIpc) is 2.47. The van der Waals surface area contributed by atoms with Gasteiger partial charge in [-0.2, -0.15) is 0 Å². The molecule has 2 heterocycles. The van der Waals surface area contributed by atoms with Crippen molar-refractivity contribution in [1.29, 1.82) is 0 Å². The molecule has 0 atom stereocenters. The highest BCUT2D eigenvalue weighted by Gasteiger charge is 2.30. The molecule has 0 N–H and O–H groups in total. The van der Waals surface area contributed by atoms with Gasteiger partial charge in [-0.3, -0.25) is 14.6 Å². The molecule has 1 aromatic heterocycles. The summed E-state index contributed by atoms with van der Waals surface area (Å²) in [4.78, 5) is 29.7. The van der Waals surface area contributed by atoms with E-state index in [2.05, 4.69) is 4.98 Å². The van der Waals surface area contributed by atoms with Crippen LogP contribution in [0.25, 0.3) is 0 Å². The van der Waals surface area contributed by atoms with Gasteiger partial charge in [-0.1, -0.05) is 24.3 Å². The van der Waals surface area contributed by atoms with E-state index < -0.39 is 0 Å². The Morgan fingerprint density at radius 2 is 1.84 bits per heavy atom. The van der Waals surface area contributed by atoms with E-state index in [0.29, 0.717) is 18.5 Å². The molecule has 2 aromatic rings. The molecule has 94 valence electrons. The number of aryl methyl sites for hydroxylation is 1. The molecule has 4 nitrogen and oxygen atoms in total. The van der Waals surface area contributed by atoms with E-state index in [-0.39, 0.29) is 17.5 Å². The number of nitrogens with zero attached hydrogens (tertiary/aromatic N) is 2. The zero-order chi connectivity index (χ0) is 13.2. The molecule has 2 amide bonds. The third-order valence-corrected chi connectivity index (χ3v) is 3.18. The molecule has 1 aliphatic rings. The molecule has 1 aliphatic heterocycles. The second kappa shape index (κ2) is 4.65. The van der Waals surface area contributed by atoms with Gasteiger partial charge in [0.1, 0.15) is 5.69 Å². The lowest BCUT2D eigenvalue weighted by atomic mass is 10.0. The number of rotatable bonds is 1. The fraction of sp³-hybridized carbons (Fsp3) is 0.133. The van der Waals surface area contributed by atoms with Crippen LogP contribution in [-0.4, -0.2) is 16.8 Å². The normalized spacial score (nSPS) is 14.1. The molecule has 0 bridgehead atoms. The van der Waals surface area contributed by atoms with Gasteiger partial charge in [0.15, 0.2) is 0 Å². The zero-order valence-corrected chi connectivity index (χ0v) is 10.2. The number of carbonyl (C=O) groups is 2. The van der Waals surface area contributed by atoms with Crippen molar-refractivity contribution in [2.75, 3.05) is 4.90 Å². The average molecular weight is 252 g/mol. The molecule has 0 spiro atoms. The smallest absolute Gasteiger partial charge is 0.274 e. The summed E-state index contributed by atoms with van der Waals surface area (Å²) < 4.78 is 0. The SMILES string of the molecule is O=C1CCc2ccccc2N1C(=O)c1ccccn1. The van der Waals surface area contributed by atoms with Gasteiger partial charge in [0.2, 0.25) is 5.91 Å². The molecule has 19 heavy (non-hydrogen) atoms. The molecule has 0 saturated carbocycles. The Labute approximate surface area is 110 Å². The van der Waals surface area contributed by atoms with Crippen molar-refractivity contribution < 1.29 is 9.59 Å². The van der Waals surface area contributed by atoms with Crippen molar-refractivity contribution in [2.24, 2.45) is 0 Å². The third kappa shape index (κ3) is 2.01. The molecule has 3 rings (SSSR count). The van der Waals surface area contributed by atoms with E-state index in [9.17, 15) is 9.59 Å². The van der Waals surface area contributed by atoms with Crippen LogP contribution in [-0.2, 0) is 11.2 Å². The molecule has 0 fully saturated rings. The number of benzene rings is 1. The molecular formula is C15H12N2O2. The first kappa shape index (κ1) is 11.6. The van der Waals surface area contributed by atoms with Gasteiger partial charge in [0, 0.05) is 12.6 Å². The minimum Gasteiger partial charge on any atom is -0.274 e. The van der Waals surface area contributed by atoms with Gasteiger partial charge in [0.25, 0.3) is 5.91 Å². The summed E-state index contributed by atoms with van der Waals surface area (Å²) in [5.74, 6) is -0.535. The van der Waals surface area contributed by atoms with Crippen molar-refractivity contribution in [2.45, 2.75) is 12.8 Å². The minimum absolute atomic E-state index is 0.172. The van der Waals surface area contributed by atoms with E-state index in [4.69, 9.17) is 0 Å². The first-order valence-electron chi connectivity index (χ1n) is 6.13. The van der Waals surface area contributed by atoms with Crippen molar-refractivity contribution in [3.8, 4) is 0 Å². The molecule has 0 radical (unpaired) electrons. The Balaban J connectivity index is 2.05. The maximum absolute atomic E-state index is 12.4. The number of para-hydroxylation sites is 1. The number of hydrogen-bond donors (Lipinski definition) is 0. The summed E-state index contributed by atoms with van der Waals surface area (Å²) in [5, 5.41) is 0. The van der Waals surface area contributed by atoms with Gasteiger partial charge in [-0.25, -0.2) is 4.90 Å². The van der Waals surface area contributed by atoms with Crippen LogP contribution in [0.1, 0.15) is 22.5 Å². The van der Waals surface area contributed by atoms with Crippen LogP contribution in [0, 0.1) is 0 Å². The maximum Gasteiger partial charge on any atom is 0.283 e. The van der Waals surface area contributed by atoms with Gasteiger partial charge < -0.3 is 0 Å². The van der Waals surface area contributed by atoms with Crippen LogP contribution in [0.15, 0.2) is 48.7 Å². The van der Waals surface area contributed by atoms with Gasteiger partial charge in [-0.05, 0) is 30.2 Å². The highest BCUT2D eigenvalue weighted by Crippen LogP contribution is 2.28. The fourth-order valence-corrected chi connectivity index (χ4v) is 2.25. The lowest BCUT2D eigenvalue weighted by Gasteiger charge is -2.27. The summed E-state index contributed by atoms with van der Waals surface area (Å²) in [6, 6.07) is 12.6. The monoisotopic (exact) mass is 252 g/mol. The lowest BCUT2D eigenvalue weighted by molar-refractivity contribution is -0.118. The van der Waals surface area contributed by atoms with Crippen molar-refractivity contribution >= 4 is 17.5 Å². The number of carbonyl (C=O) groups excluding carboxylic acids is 2. The van der Waals surface area contributed by atoms with Crippen molar-refractivity contribution in [3.63, 3.8) is 0 Å². The lowest BCUT2D eigenvalue weighted by Crippen LogP contribution is -2.40. The summed E-state index contributed by atoms with van der Waals surface area (Å²) in [6.07, 6.45) is 2.59. The second-order valence-electron chi connectivity index (χ2n) is 4.38. The standard InChI is InChI=1S/C15H12N2O2/c18-14-9-8-11-5-1-2-7-13(11)17(14)15(19)12-6-3-4-10-16-12/h1-7,10H,8-9H2. The van der Waals surface area contributed by atoms with Crippen LogP contribution in [0.5, 0.6) is 0 Å². The molecule has 0 aliphatic carbocycles. The van der Waals surface area contributed by atoms with Gasteiger partial charge in [-0.15, -0.1) is 0 Å². The summed E-state index contributed by atoms with van der Waals surface area (Å²) in [5.41, 5.74) is 1.98. The maximum atomic E-state index is 12.4. The van der Waals surface area contributed by atoms with Gasteiger partial charge >= 0.3 is 0 Å². The topological polar surface area (TPSA) is 50.3 Å². The minimum atomic E-state index is -0.363. The molecule has 0 unspecified atom stereocenters. The number of imide groups is 1. The van der Waals surface area contributed by atoms with Gasteiger partial charge in [0.05, 0.1) is 5.69 Å². The van der Waals surface area contributed by atoms with Crippen LogP contribution in [0.4, 0.5) is 5.69 Å². The highest BCUT2D eigenvalue weighted by molar-refractivity contribution is 6.21.